The summed E-state index contributed by atoms with van der Waals surface area (Å²) in [5.74, 6) is -0.944. The first-order valence-corrected chi connectivity index (χ1v) is 8.40. The molecule has 0 unspecified atom stereocenters. The number of nitrogens with zero attached hydrogens (tertiary/aromatic N) is 1. The molecule has 0 heterocycles. The summed E-state index contributed by atoms with van der Waals surface area (Å²) in [6, 6.07) is 13.0. The predicted octanol–water partition coefficient (Wildman–Crippen LogP) is 4.33. The first-order chi connectivity index (χ1) is 12.7. The van der Waals surface area contributed by atoms with Crippen LogP contribution in [0.2, 0.25) is 0 Å². The van der Waals surface area contributed by atoms with Gasteiger partial charge in [-0.1, -0.05) is 45.0 Å². The number of hydrogen-bond acceptors (Lipinski definition) is 5. The largest absolute Gasteiger partial charge is 0.454 e. The Morgan fingerprint density at radius 2 is 1.63 bits per heavy atom. The van der Waals surface area contributed by atoms with E-state index in [1.54, 1.807) is 12.1 Å². The molecule has 0 spiro atoms. The van der Waals surface area contributed by atoms with Crippen molar-refractivity contribution in [1.29, 1.82) is 0 Å². The van der Waals surface area contributed by atoms with E-state index in [0.717, 1.165) is 5.56 Å². The number of non-ortho nitro benzene ring substituents is 1. The van der Waals surface area contributed by atoms with Crippen LogP contribution in [0.3, 0.4) is 0 Å². The maximum absolute atomic E-state index is 12.1. The third kappa shape index (κ3) is 5.88. The van der Waals surface area contributed by atoms with Gasteiger partial charge in [-0.05, 0) is 34.8 Å². The van der Waals surface area contributed by atoms with Gasteiger partial charge in [0.1, 0.15) is 0 Å². The Kier molecular flexibility index (Phi) is 6.23. The van der Waals surface area contributed by atoms with Crippen LogP contribution in [-0.4, -0.2) is 23.3 Å². The molecule has 0 atom stereocenters. The lowest BCUT2D eigenvalue weighted by Gasteiger charge is -2.18. The van der Waals surface area contributed by atoms with Crippen molar-refractivity contribution in [3.63, 3.8) is 0 Å². The molecule has 6 nitrogen and oxygen atoms in total. The molecule has 140 valence electrons. The van der Waals surface area contributed by atoms with E-state index in [4.69, 9.17) is 4.74 Å². The van der Waals surface area contributed by atoms with Crippen molar-refractivity contribution in [2.45, 2.75) is 26.2 Å². The summed E-state index contributed by atoms with van der Waals surface area (Å²) in [6.45, 7) is 5.91. The molecule has 0 saturated heterocycles. The van der Waals surface area contributed by atoms with E-state index in [-0.39, 0.29) is 23.5 Å². The van der Waals surface area contributed by atoms with Crippen LogP contribution in [0.4, 0.5) is 5.69 Å². The summed E-state index contributed by atoms with van der Waals surface area (Å²) in [4.78, 5) is 34.0. The maximum atomic E-state index is 12.1. The van der Waals surface area contributed by atoms with Crippen molar-refractivity contribution in [3.05, 3.63) is 81.4 Å². The first kappa shape index (κ1) is 20.0. The molecule has 0 aliphatic carbocycles. The van der Waals surface area contributed by atoms with Gasteiger partial charge >= 0.3 is 5.97 Å². The van der Waals surface area contributed by atoms with E-state index in [0.29, 0.717) is 11.1 Å². The van der Waals surface area contributed by atoms with E-state index in [2.05, 4.69) is 20.8 Å². The lowest BCUT2D eigenvalue weighted by Crippen LogP contribution is -2.14. The minimum absolute atomic E-state index is 0.00327. The number of carbonyl (C=O) groups is 2. The lowest BCUT2D eigenvalue weighted by molar-refractivity contribution is -0.384. The average molecular weight is 367 g/mol. The molecule has 0 N–H and O–H groups in total. The summed E-state index contributed by atoms with van der Waals surface area (Å²) in [6.07, 6.45) is 2.64. The van der Waals surface area contributed by atoms with Crippen molar-refractivity contribution < 1.29 is 19.2 Å². The van der Waals surface area contributed by atoms with Gasteiger partial charge in [-0.15, -0.1) is 0 Å². The Balaban J connectivity index is 1.89. The molecule has 0 saturated carbocycles. The normalized spacial score (nSPS) is 11.4. The van der Waals surface area contributed by atoms with Crippen molar-refractivity contribution in [3.8, 4) is 0 Å². The highest BCUT2D eigenvalue weighted by molar-refractivity contribution is 5.98. The fourth-order valence-electron chi connectivity index (χ4n) is 2.30. The third-order valence-electron chi connectivity index (χ3n) is 3.93. The van der Waals surface area contributed by atoms with E-state index in [1.807, 2.05) is 12.1 Å². The van der Waals surface area contributed by atoms with Gasteiger partial charge in [-0.3, -0.25) is 14.9 Å². The van der Waals surface area contributed by atoms with Gasteiger partial charge in [-0.2, -0.15) is 0 Å². The van der Waals surface area contributed by atoms with Gasteiger partial charge in [-0.25, -0.2) is 4.79 Å². The molecule has 2 aromatic carbocycles. The monoisotopic (exact) mass is 367 g/mol. The molecule has 0 aliphatic rings. The van der Waals surface area contributed by atoms with Crippen LogP contribution in [0.25, 0.3) is 6.08 Å². The Morgan fingerprint density at radius 1 is 1.04 bits per heavy atom. The number of ketones is 1. The van der Waals surface area contributed by atoms with Gasteiger partial charge in [0.25, 0.3) is 5.69 Å². The van der Waals surface area contributed by atoms with E-state index >= 15 is 0 Å². The Labute approximate surface area is 157 Å². The Morgan fingerprint density at radius 3 is 2.15 bits per heavy atom. The highest BCUT2D eigenvalue weighted by Gasteiger charge is 2.15. The molecule has 0 amide bonds. The van der Waals surface area contributed by atoms with E-state index < -0.39 is 10.9 Å². The average Bonchev–Trinajstić information content (AvgIpc) is 2.64. The van der Waals surface area contributed by atoms with Gasteiger partial charge in [0.05, 0.1) is 4.92 Å². The zero-order chi connectivity index (χ0) is 20.0. The van der Waals surface area contributed by atoms with Crippen molar-refractivity contribution in [2.75, 3.05) is 6.61 Å². The number of benzene rings is 2. The number of hydrogen-bond donors (Lipinski definition) is 0. The smallest absolute Gasteiger partial charge is 0.331 e. The first-order valence-electron chi connectivity index (χ1n) is 8.40. The van der Waals surface area contributed by atoms with Crippen LogP contribution in [0, 0.1) is 10.1 Å². The molecule has 2 rings (SSSR count). The van der Waals surface area contributed by atoms with Crippen LogP contribution in [0.1, 0.15) is 42.3 Å². The van der Waals surface area contributed by atoms with Crippen LogP contribution >= 0.6 is 0 Å². The second-order valence-corrected chi connectivity index (χ2v) is 7.04. The van der Waals surface area contributed by atoms with Gasteiger partial charge in [0.15, 0.2) is 12.4 Å². The fraction of sp³-hybridized carbons (Fsp3) is 0.238. The minimum atomic E-state index is -0.659. The molecule has 2 aromatic rings. The van der Waals surface area contributed by atoms with Crippen molar-refractivity contribution in [1.82, 2.24) is 0 Å². The number of Topliss-reactive ketones (excluding diaryl/α,β-unsaturated/α-hetero) is 1. The number of nitro benzene ring substituents is 1. The third-order valence-corrected chi connectivity index (χ3v) is 3.93. The quantitative estimate of drug-likeness (QED) is 0.249. The predicted molar refractivity (Wildman–Crippen MR) is 103 cm³/mol. The summed E-state index contributed by atoms with van der Waals surface area (Å²) >= 11 is 0. The summed E-state index contributed by atoms with van der Waals surface area (Å²) < 4.78 is 4.96. The fourth-order valence-corrected chi connectivity index (χ4v) is 2.30. The van der Waals surface area contributed by atoms with Crippen LogP contribution in [0.15, 0.2) is 54.6 Å². The molecule has 0 fully saturated rings. The van der Waals surface area contributed by atoms with Crippen LogP contribution < -0.4 is 0 Å². The number of nitro groups is 1. The Hall–Kier alpha value is -3.28. The summed E-state index contributed by atoms with van der Waals surface area (Å²) in [5, 5.41) is 10.6. The molecule has 0 aromatic heterocycles. The highest BCUT2D eigenvalue weighted by atomic mass is 16.6. The number of rotatable bonds is 6. The molecule has 0 aliphatic heterocycles. The molecule has 0 radical (unpaired) electrons. The standard InChI is InChI=1S/C21H21NO5/c1-21(2,3)17-9-7-16(8-10-17)19(23)14-27-20(24)13-6-15-4-11-18(12-5-15)22(25)26/h4-13H,14H2,1-3H3/b13-6+. The second-order valence-electron chi connectivity index (χ2n) is 7.04. The van der Waals surface area contributed by atoms with Gasteiger partial charge in [0.2, 0.25) is 0 Å². The summed E-state index contributed by atoms with van der Waals surface area (Å²) in [5.41, 5.74) is 2.17. The summed E-state index contributed by atoms with van der Waals surface area (Å²) in [7, 11) is 0. The van der Waals surface area contributed by atoms with Crippen molar-refractivity contribution in [2.24, 2.45) is 0 Å². The van der Waals surface area contributed by atoms with Crippen molar-refractivity contribution >= 4 is 23.5 Å². The van der Waals surface area contributed by atoms with E-state index in [9.17, 15) is 19.7 Å². The van der Waals surface area contributed by atoms with Gasteiger partial charge in [0, 0.05) is 23.8 Å². The number of carbonyl (C=O) groups excluding carboxylic acids is 2. The highest BCUT2D eigenvalue weighted by Crippen LogP contribution is 2.22. The zero-order valence-corrected chi connectivity index (χ0v) is 15.5. The number of ether oxygens (including phenoxy) is 1. The lowest BCUT2D eigenvalue weighted by atomic mass is 9.86. The van der Waals surface area contributed by atoms with Crippen LogP contribution in [0.5, 0.6) is 0 Å². The van der Waals surface area contributed by atoms with E-state index in [1.165, 1.54) is 36.4 Å². The molecule has 0 bridgehead atoms. The maximum Gasteiger partial charge on any atom is 0.331 e. The second kappa shape index (κ2) is 8.40. The molecular formula is C21H21NO5. The molecule has 6 heteroatoms. The molecular weight excluding hydrogens is 346 g/mol. The van der Waals surface area contributed by atoms with Gasteiger partial charge < -0.3 is 4.74 Å². The minimum Gasteiger partial charge on any atom is -0.454 e. The SMILES string of the molecule is CC(C)(C)c1ccc(C(=O)COC(=O)/C=C/c2ccc([N+](=O)[O-])cc2)cc1. The molecule has 27 heavy (non-hydrogen) atoms. The van der Waals surface area contributed by atoms with Crippen LogP contribution in [-0.2, 0) is 14.9 Å². The Bertz CT molecular complexity index is 859. The number of esters is 1. The zero-order valence-electron chi connectivity index (χ0n) is 15.5. The topological polar surface area (TPSA) is 86.5 Å².